The van der Waals surface area contributed by atoms with Crippen LogP contribution in [0.1, 0.15) is 11.1 Å². The van der Waals surface area contributed by atoms with Crippen molar-refractivity contribution in [2.45, 2.75) is 6.42 Å². The minimum atomic E-state index is 0.692. The van der Waals surface area contributed by atoms with E-state index in [1.54, 1.807) is 7.11 Å². The molecule has 0 saturated heterocycles. The first-order chi connectivity index (χ1) is 11.7. The molecule has 0 amide bonds. The van der Waals surface area contributed by atoms with Crippen LogP contribution in [-0.4, -0.2) is 12.1 Å². The van der Waals surface area contributed by atoms with Gasteiger partial charge in [-0.05, 0) is 40.6 Å². The van der Waals surface area contributed by atoms with Crippen LogP contribution in [0.4, 0.5) is 0 Å². The first-order valence-electron chi connectivity index (χ1n) is 7.84. The van der Waals surface area contributed by atoms with Gasteiger partial charge in [-0.2, -0.15) is 0 Å². The van der Waals surface area contributed by atoms with E-state index in [1.165, 1.54) is 16.3 Å². The van der Waals surface area contributed by atoms with Crippen LogP contribution in [0.5, 0.6) is 5.88 Å². The van der Waals surface area contributed by atoms with E-state index in [0.717, 1.165) is 27.4 Å². The smallest absolute Gasteiger partial charge is 0.217 e. The zero-order valence-corrected chi connectivity index (χ0v) is 14.9. The molecule has 0 fully saturated rings. The summed E-state index contributed by atoms with van der Waals surface area (Å²) in [6, 6.07) is 23.2. The molecule has 0 spiro atoms. The SMILES string of the molecule is COc1nc2ccc(Br)cc2cc1Cc1cccc2ccccc12. The number of hydrogen-bond acceptors (Lipinski definition) is 2. The fourth-order valence-electron chi connectivity index (χ4n) is 3.13. The summed E-state index contributed by atoms with van der Waals surface area (Å²) < 4.78 is 6.60. The van der Waals surface area contributed by atoms with Gasteiger partial charge >= 0.3 is 0 Å². The summed E-state index contributed by atoms with van der Waals surface area (Å²) in [5, 5.41) is 3.64. The van der Waals surface area contributed by atoms with Gasteiger partial charge < -0.3 is 4.74 Å². The predicted molar refractivity (Wildman–Crippen MR) is 103 cm³/mol. The van der Waals surface area contributed by atoms with Crippen molar-refractivity contribution in [1.29, 1.82) is 0 Å². The fraction of sp³-hybridized carbons (Fsp3) is 0.0952. The van der Waals surface area contributed by atoms with Crippen molar-refractivity contribution in [3.8, 4) is 5.88 Å². The van der Waals surface area contributed by atoms with E-state index in [0.29, 0.717) is 5.88 Å². The molecule has 3 heteroatoms. The summed E-state index contributed by atoms with van der Waals surface area (Å²) in [7, 11) is 1.68. The Hall–Kier alpha value is -2.39. The minimum absolute atomic E-state index is 0.692. The van der Waals surface area contributed by atoms with Crippen molar-refractivity contribution >= 4 is 37.6 Å². The molecule has 4 rings (SSSR count). The third-order valence-corrected chi connectivity index (χ3v) is 4.76. The summed E-state index contributed by atoms with van der Waals surface area (Å²) in [6.45, 7) is 0. The van der Waals surface area contributed by atoms with Gasteiger partial charge in [-0.3, -0.25) is 0 Å². The standard InChI is InChI=1S/C21H16BrNO/c1-24-21-17(12-16-13-18(22)9-10-20(16)23-21)11-15-7-4-6-14-5-2-3-8-19(14)15/h2-10,12-13H,11H2,1H3. The van der Waals surface area contributed by atoms with Crippen LogP contribution in [-0.2, 0) is 6.42 Å². The molecule has 0 N–H and O–H groups in total. The number of halogens is 1. The Balaban J connectivity index is 1.86. The number of aromatic nitrogens is 1. The van der Waals surface area contributed by atoms with Gasteiger partial charge in [0.05, 0.1) is 12.6 Å². The van der Waals surface area contributed by atoms with Crippen LogP contribution in [0.3, 0.4) is 0 Å². The molecule has 0 bridgehead atoms. The van der Waals surface area contributed by atoms with E-state index in [4.69, 9.17) is 4.74 Å². The number of nitrogens with zero attached hydrogens (tertiary/aromatic N) is 1. The van der Waals surface area contributed by atoms with Crippen molar-refractivity contribution in [2.24, 2.45) is 0 Å². The molecule has 2 nitrogen and oxygen atoms in total. The molecule has 0 aliphatic carbocycles. The number of rotatable bonds is 3. The van der Waals surface area contributed by atoms with Crippen molar-refractivity contribution < 1.29 is 4.74 Å². The molecule has 0 unspecified atom stereocenters. The first kappa shape index (κ1) is 15.2. The van der Waals surface area contributed by atoms with E-state index in [2.05, 4.69) is 75.5 Å². The largest absolute Gasteiger partial charge is 0.481 e. The van der Waals surface area contributed by atoms with E-state index >= 15 is 0 Å². The second-order valence-corrected chi connectivity index (χ2v) is 6.72. The molecule has 1 heterocycles. The van der Waals surface area contributed by atoms with Gasteiger partial charge in [-0.1, -0.05) is 58.4 Å². The Morgan fingerprint density at radius 3 is 2.58 bits per heavy atom. The lowest BCUT2D eigenvalue weighted by Gasteiger charge is -2.11. The number of fused-ring (bicyclic) bond motifs is 2. The highest BCUT2D eigenvalue weighted by Gasteiger charge is 2.10. The molecule has 0 atom stereocenters. The predicted octanol–water partition coefficient (Wildman–Crippen LogP) is 5.75. The van der Waals surface area contributed by atoms with Gasteiger partial charge in [0.2, 0.25) is 5.88 Å². The highest BCUT2D eigenvalue weighted by Crippen LogP contribution is 2.28. The summed E-state index contributed by atoms with van der Waals surface area (Å²) in [5.74, 6) is 0.692. The van der Waals surface area contributed by atoms with E-state index in [-0.39, 0.29) is 0 Å². The molecule has 1 aromatic heterocycles. The lowest BCUT2D eigenvalue weighted by atomic mass is 9.98. The Bertz CT molecular complexity index is 1040. The van der Waals surface area contributed by atoms with E-state index < -0.39 is 0 Å². The molecule has 4 aromatic rings. The van der Waals surface area contributed by atoms with Crippen LogP contribution in [0, 0.1) is 0 Å². The molecule has 3 aromatic carbocycles. The van der Waals surface area contributed by atoms with Gasteiger partial charge in [-0.25, -0.2) is 4.98 Å². The van der Waals surface area contributed by atoms with Crippen LogP contribution < -0.4 is 4.74 Å². The number of benzene rings is 3. The van der Waals surface area contributed by atoms with Crippen LogP contribution >= 0.6 is 15.9 Å². The van der Waals surface area contributed by atoms with Gasteiger partial charge in [-0.15, -0.1) is 0 Å². The van der Waals surface area contributed by atoms with Crippen molar-refractivity contribution in [3.63, 3.8) is 0 Å². The number of methoxy groups -OCH3 is 1. The van der Waals surface area contributed by atoms with Gasteiger partial charge in [0.25, 0.3) is 0 Å². The Morgan fingerprint density at radius 1 is 0.875 bits per heavy atom. The Kier molecular flexibility index (Phi) is 3.95. The molecule has 0 radical (unpaired) electrons. The molecular weight excluding hydrogens is 362 g/mol. The number of pyridine rings is 1. The Labute approximate surface area is 149 Å². The van der Waals surface area contributed by atoms with Crippen LogP contribution in [0.2, 0.25) is 0 Å². The van der Waals surface area contributed by atoms with Crippen molar-refractivity contribution in [1.82, 2.24) is 4.98 Å². The lowest BCUT2D eigenvalue weighted by molar-refractivity contribution is 0.395. The molecule has 0 saturated carbocycles. The van der Waals surface area contributed by atoms with Crippen molar-refractivity contribution in [3.05, 3.63) is 82.3 Å². The normalized spacial score (nSPS) is 11.1. The van der Waals surface area contributed by atoms with Crippen molar-refractivity contribution in [2.75, 3.05) is 7.11 Å². The molecular formula is C21H16BrNO. The number of ether oxygens (including phenoxy) is 1. The summed E-state index contributed by atoms with van der Waals surface area (Å²) in [4.78, 5) is 4.67. The maximum atomic E-state index is 5.55. The summed E-state index contributed by atoms with van der Waals surface area (Å²) in [5.41, 5.74) is 3.32. The van der Waals surface area contributed by atoms with E-state index in [9.17, 15) is 0 Å². The average molecular weight is 378 g/mol. The number of hydrogen-bond donors (Lipinski definition) is 0. The second kappa shape index (κ2) is 6.25. The topological polar surface area (TPSA) is 22.1 Å². The van der Waals surface area contributed by atoms with Gasteiger partial charge in [0, 0.05) is 21.8 Å². The first-order valence-corrected chi connectivity index (χ1v) is 8.64. The highest BCUT2D eigenvalue weighted by atomic mass is 79.9. The second-order valence-electron chi connectivity index (χ2n) is 5.81. The summed E-state index contributed by atoms with van der Waals surface area (Å²) >= 11 is 3.53. The van der Waals surface area contributed by atoms with Crippen LogP contribution in [0.15, 0.2) is 71.2 Å². The third-order valence-electron chi connectivity index (χ3n) is 4.27. The minimum Gasteiger partial charge on any atom is -0.481 e. The zero-order valence-electron chi connectivity index (χ0n) is 13.3. The molecule has 118 valence electrons. The summed E-state index contributed by atoms with van der Waals surface area (Å²) in [6.07, 6.45) is 0.792. The monoisotopic (exact) mass is 377 g/mol. The highest BCUT2D eigenvalue weighted by molar-refractivity contribution is 9.10. The van der Waals surface area contributed by atoms with Gasteiger partial charge in [0.1, 0.15) is 0 Å². The lowest BCUT2D eigenvalue weighted by Crippen LogP contribution is -1.98. The average Bonchev–Trinajstić information content (AvgIpc) is 2.61. The quantitative estimate of drug-likeness (QED) is 0.453. The third kappa shape index (κ3) is 2.76. The van der Waals surface area contributed by atoms with Gasteiger partial charge in [0.15, 0.2) is 0 Å². The Morgan fingerprint density at radius 2 is 1.71 bits per heavy atom. The molecule has 24 heavy (non-hydrogen) atoms. The maximum absolute atomic E-state index is 5.55. The zero-order chi connectivity index (χ0) is 16.5. The fourth-order valence-corrected chi connectivity index (χ4v) is 3.51. The maximum Gasteiger partial charge on any atom is 0.217 e. The molecule has 0 aliphatic heterocycles. The van der Waals surface area contributed by atoms with E-state index in [1.807, 2.05) is 12.1 Å². The molecule has 0 aliphatic rings. The van der Waals surface area contributed by atoms with Crippen LogP contribution in [0.25, 0.3) is 21.7 Å².